The number of benzene rings is 1. The number of carbonyl (C=O) groups is 3. The van der Waals surface area contributed by atoms with Crippen LogP contribution >= 0.6 is 23.4 Å². The maximum absolute atomic E-state index is 11.4. The highest BCUT2D eigenvalue weighted by Crippen LogP contribution is 2.29. The van der Waals surface area contributed by atoms with Crippen molar-refractivity contribution in [2.24, 2.45) is 0 Å². The molecule has 8 heteroatoms. The van der Waals surface area contributed by atoms with Gasteiger partial charge in [0.25, 0.3) is 11.1 Å². The second-order valence-corrected chi connectivity index (χ2v) is 5.12. The Balaban J connectivity index is 2.17. The summed E-state index contributed by atoms with van der Waals surface area (Å²) in [4.78, 5) is 32.9. The lowest BCUT2D eigenvalue weighted by Gasteiger charge is -2.08. The van der Waals surface area contributed by atoms with Crippen LogP contribution in [0.2, 0.25) is 5.02 Å². The molecular formula is C12H7ClNO5S-. The highest BCUT2D eigenvalue weighted by Gasteiger charge is 2.24. The second-order valence-electron chi connectivity index (χ2n) is 3.70. The van der Waals surface area contributed by atoms with E-state index in [1.54, 1.807) is 6.07 Å². The summed E-state index contributed by atoms with van der Waals surface area (Å²) in [5, 5.41) is 12.2. The van der Waals surface area contributed by atoms with Crippen LogP contribution in [0, 0.1) is 0 Å². The first-order valence-electron chi connectivity index (χ1n) is 5.33. The van der Waals surface area contributed by atoms with Gasteiger partial charge in [-0.1, -0.05) is 17.7 Å². The summed E-state index contributed by atoms with van der Waals surface area (Å²) in [7, 11) is 0. The summed E-state index contributed by atoms with van der Waals surface area (Å²) in [6.07, 6.45) is 1.50. The molecule has 0 unspecified atom stereocenters. The third kappa shape index (κ3) is 3.52. The minimum Gasteiger partial charge on any atom is -0.546 e. The lowest BCUT2D eigenvalue weighted by atomic mass is 10.2. The molecule has 0 saturated carbocycles. The molecule has 0 aromatic heterocycles. The van der Waals surface area contributed by atoms with Gasteiger partial charge in [-0.2, -0.15) is 0 Å². The van der Waals surface area contributed by atoms with Gasteiger partial charge in [-0.15, -0.1) is 0 Å². The summed E-state index contributed by atoms with van der Waals surface area (Å²) in [6.45, 7) is -0.604. The predicted octanol–water partition coefficient (Wildman–Crippen LogP) is 0.793. The number of aliphatic carboxylic acids is 1. The van der Waals surface area contributed by atoms with Crippen molar-refractivity contribution in [1.29, 1.82) is 0 Å². The Morgan fingerprint density at radius 3 is 2.75 bits per heavy atom. The molecule has 1 N–H and O–H groups in total. The molecule has 1 heterocycles. The van der Waals surface area contributed by atoms with E-state index in [0.29, 0.717) is 5.56 Å². The van der Waals surface area contributed by atoms with Gasteiger partial charge in [0.15, 0.2) is 0 Å². The molecule has 0 bridgehead atoms. The molecular weight excluding hydrogens is 306 g/mol. The Morgan fingerprint density at radius 2 is 2.20 bits per heavy atom. The van der Waals surface area contributed by atoms with Crippen molar-refractivity contribution in [2.75, 3.05) is 6.61 Å². The quantitative estimate of drug-likeness (QED) is 0.826. The third-order valence-electron chi connectivity index (χ3n) is 2.24. The highest BCUT2D eigenvalue weighted by molar-refractivity contribution is 8.18. The molecule has 2 rings (SSSR count). The van der Waals surface area contributed by atoms with Crippen molar-refractivity contribution in [1.82, 2.24) is 5.32 Å². The molecule has 104 valence electrons. The molecule has 2 amide bonds. The molecule has 1 aromatic rings. The number of hydrogen-bond donors (Lipinski definition) is 1. The van der Waals surface area contributed by atoms with E-state index in [-0.39, 0.29) is 15.7 Å². The topological polar surface area (TPSA) is 95.5 Å². The van der Waals surface area contributed by atoms with Gasteiger partial charge in [0.1, 0.15) is 12.4 Å². The summed E-state index contributed by atoms with van der Waals surface area (Å²) in [6, 6.07) is 4.55. The van der Waals surface area contributed by atoms with Crippen molar-refractivity contribution in [3.8, 4) is 5.75 Å². The standard InChI is InChI=1S/C12H8ClNO5S/c13-7-3-6(1-2-8(7)19-5-10(15)16)4-9-11(17)14-12(18)20-9/h1-4H,5H2,(H,15,16)(H,14,17,18)/p-1/b9-4+. The van der Waals surface area contributed by atoms with Crippen LogP contribution in [0.5, 0.6) is 5.75 Å². The molecule has 0 spiro atoms. The largest absolute Gasteiger partial charge is 0.546 e. The minimum atomic E-state index is -1.36. The van der Waals surface area contributed by atoms with Crippen LogP contribution in [-0.2, 0) is 9.59 Å². The molecule has 1 aromatic carbocycles. The number of carboxylic acid groups (broad SMARTS) is 1. The van der Waals surface area contributed by atoms with Gasteiger partial charge in [0.05, 0.1) is 15.9 Å². The number of imide groups is 1. The SMILES string of the molecule is O=C([O-])COc1ccc(/C=C2/SC(=O)NC2=O)cc1Cl. The summed E-state index contributed by atoms with van der Waals surface area (Å²) < 4.78 is 4.91. The Bertz CT molecular complexity index is 628. The van der Waals surface area contributed by atoms with E-state index in [2.05, 4.69) is 5.32 Å². The summed E-state index contributed by atoms with van der Waals surface area (Å²) in [5.41, 5.74) is 0.586. The number of ether oxygens (including phenoxy) is 1. The summed E-state index contributed by atoms with van der Waals surface area (Å²) >= 11 is 6.72. The van der Waals surface area contributed by atoms with Crippen molar-refractivity contribution in [3.63, 3.8) is 0 Å². The van der Waals surface area contributed by atoms with Gasteiger partial charge in [-0.05, 0) is 35.5 Å². The fraction of sp³-hybridized carbons (Fsp3) is 0.0833. The molecule has 1 aliphatic heterocycles. The number of nitrogens with one attached hydrogen (secondary N) is 1. The smallest absolute Gasteiger partial charge is 0.290 e. The first-order valence-corrected chi connectivity index (χ1v) is 6.52. The zero-order valence-electron chi connectivity index (χ0n) is 9.84. The maximum Gasteiger partial charge on any atom is 0.290 e. The van der Waals surface area contributed by atoms with E-state index in [1.807, 2.05) is 0 Å². The van der Waals surface area contributed by atoms with Crippen LogP contribution in [0.25, 0.3) is 6.08 Å². The van der Waals surface area contributed by atoms with Gasteiger partial charge < -0.3 is 14.6 Å². The molecule has 0 aliphatic carbocycles. The Hall–Kier alpha value is -1.99. The molecule has 6 nitrogen and oxygen atoms in total. The molecule has 0 atom stereocenters. The van der Waals surface area contributed by atoms with Crippen molar-refractivity contribution in [3.05, 3.63) is 33.7 Å². The Labute approximate surface area is 122 Å². The van der Waals surface area contributed by atoms with E-state index in [0.717, 1.165) is 11.8 Å². The van der Waals surface area contributed by atoms with E-state index in [4.69, 9.17) is 16.3 Å². The first-order chi connectivity index (χ1) is 9.45. The fourth-order valence-electron chi connectivity index (χ4n) is 1.43. The lowest BCUT2D eigenvalue weighted by molar-refractivity contribution is -0.307. The highest BCUT2D eigenvalue weighted by atomic mass is 35.5. The van der Waals surface area contributed by atoms with Crippen LogP contribution in [0.3, 0.4) is 0 Å². The van der Waals surface area contributed by atoms with E-state index in [1.165, 1.54) is 18.2 Å². The molecule has 20 heavy (non-hydrogen) atoms. The number of hydrogen-bond acceptors (Lipinski definition) is 6. The predicted molar refractivity (Wildman–Crippen MR) is 71.1 cm³/mol. The molecule has 1 saturated heterocycles. The number of thioether (sulfide) groups is 1. The third-order valence-corrected chi connectivity index (χ3v) is 3.35. The van der Waals surface area contributed by atoms with E-state index >= 15 is 0 Å². The first kappa shape index (κ1) is 14.4. The number of amides is 2. The average Bonchev–Trinajstić information content (AvgIpc) is 2.66. The van der Waals surface area contributed by atoms with E-state index < -0.39 is 23.7 Å². The van der Waals surface area contributed by atoms with Crippen molar-refractivity contribution in [2.45, 2.75) is 0 Å². The van der Waals surface area contributed by atoms with Crippen LogP contribution in [0.1, 0.15) is 5.56 Å². The van der Waals surface area contributed by atoms with Crippen LogP contribution in [0.15, 0.2) is 23.1 Å². The van der Waals surface area contributed by atoms with Crippen molar-refractivity contribution < 1.29 is 24.2 Å². The summed E-state index contributed by atoms with van der Waals surface area (Å²) in [5.74, 6) is -1.63. The van der Waals surface area contributed by atoms with E-state index in [9.17, 15) is 19.5 Å². The van der Waals surface area contributed by atoms with Gasteiger partial charge in [-0.25, -0.2) is 0 Å². The van der Waals surface area contributed by atoms with Crippen LogP contribution in [0.4, 0.5) is 4.79 Å². The Morgan fingerprint density at radius 1 is 1.45 bits per heavy atom. The zero-order chi connectivity index (χ0) is 14.7. The number of carbonyl (C=O) groups excluding carboxylic acids is 3. The normalized spacial score (nSPS) is 16.4. The van der Waals surface area contributed by atoms with Gasteiger partial charge in [-0.3, -0.25) is 14.9 Å². The van der Waals surface area contributed by atoms with Crippen molar-refractivity contribution >= 4 is 46.6 Å². The second kappa shape index (κ2) is 5.98. The van der Waals surface area contributed by atoms with Crippen LogP contribution in [-0.4, -0.2) is 23.7 Å². The fourth-order valence-corrected chi connectivity index (χ4v) is 2.36. The Kier molecular flexibility index (Phi) is 4.31. The monoisotopic (exact) mass is 312 g/mol. The number of halogens is 1. The lowest BCUT2D eigenvalue weighted by Crippen LogP contribution is -2.28. The maximum atomic E-state index is 11.4. The van der Waals surface area contributed by atoms with Gasteiger partial charge in [0.2, 0.25) is 0 Å². The molecule has 1 fully saturated rings. The number of rotatable bonds is 4. The van der Waals surface area contributed by atoms with Crippen LogP contribution < -0.4 is 15.2 Å². The number of carboxylic acids is 1. The average molecular weight is 313 g/mol. The van der Waals surface area contributed by atoms with Gasteiger partial charge >= 0.3 is 0 Å². The zero-order valence-corrected chi connectivity index (χ0v) is 11.4. The van der Waals surface area contributed by atoms with Gasteiger partial charge in [0, 0.05) is 0 Å². The molecule has 0 radical (unpaired) electrons. The minimum absolute atomic E-state index is 0.190. The molecule has 1 aliphatic rings.